The number of carbonyl (C=O) groups is 1. The number of amides is 1. The van der Waals surface area contributed by atoms with Crippen molar-refractivity contribution in [2.45, 2.75) is 6.42 Å². The minimum atomic E-state index is -3.18. The molecule has 0 spiro atoms. The molecule has 9 heteroatoms. The quantitative estimate of drug-likeness (QED) is 0.774. The number of hydrogen-bond donors (Lipinski definition) is 1. The van der Waals surface area contributed by atoms with Gasteiger partial charge in [-0.1, -0.05) is 12.1 Å². The van der Waals surface area contributed by atoms with Gasteiger partial charge in [0, 0.05) is 50.7 Å². The van der Waals surface area contributed by atoms with Crippen LogP contribution in [0.4, 0.5) is 5.82 Å². The molecule has 3 rings (SSSR count). The summed E-state index contributed by atoms with van der Waals surface area (Å²) < 4.78 is 24.6. The van der Waals surface area contributed by atoms with Crippen LogP contribution in [0.15, 0.2) is 42.9 Å². The van der Waals surface area contributed by atoms with Crippen LogP contribution in [0.25, 0.3) is 0 Å². The predicted octanol–water partition coefficient (Wildman–Crippen LogP) is 0.531. The van der Waals surface area contributed by atoms with Gasteiger partial charge in [0.2, 0.25) is 10.0 Å². The topological polar surface area (TPSA) is 95.5 Å². The molecule has 27 heavy (non-hydrogen) atoms. The Bertz CT molecular complexity index is 864. The van der Waals surface area contributed by atoms with E-state index in [1.165, 1.54) is 0 Å². The zero-order valence-electron chi connectivity index (χ0n) is 15.2. The van der Waals surface area contributed by atoms with Crippen LogP contribution in [0.1, 0.15) is 15.9 Å². The van der Waals surface area contributed by atoms with Gasteiger partial charge >= 0.3 is 0 Å². The van der Waals surface area contributed by atoms with Crippen LogP contribution in [-0.2, 0) is 16.4 Å². The van der Waals surface area contributed by atoms with E-state index >= 15 is 0 Å². The second kappa shape index (κ2) is 8.45. The van der Waals surface area contributed by atoms with Crippen molar-refractivity contribution in [3.63, 3.8) is 0 Å². The number of piperazine rings is 1. The van der Waals surface area contributed by atoms with Gasteiger partial charge in [-0.25, -0.2) is 18.1 Å². The summed E-state index contributed by atoms with van der Waals surface area (Å²) in [6.45, 7) is 3.06. The molecule has 1 N–H and O–H groups in total. The number of hydrogen-bond acceptors (Lipinski definition) is 6. The monoisotopic (exact) mass is 389 g/mol. The molecule has 1 saturated heterocycles. The Labute approximate surface area is 159 Å². The van der Waals surface area contributed by atoms with Crippen molar-refractivity contribution >= 4 is 21.7 Å². The third-order valence-electron chi connectivity index (χ3n) is 4.42. The Balaban J connectivity index is 1.52. The molecule has 1 aromatic carbocycles. The molecule has 2 heterocycles. The van der Waals surface area contributed by atoms with E-state index in [0.717, 1.165) is 30.7 Å². The van der Waals surface area contributed by atoms with Crippen LogP contribution >= 0.6 is 0 Å². The summed E-state index contributed by atoms with van der Waals surface area (Å²) in [4.78, 5) is 25.0. The molecular weight excluding hydrogens is 366 g/mol. The van der Waals surface area contributed by atoms with Gasteiger partial charge in [0.25, 0.3) is 5.91 Å². The fourth-order valence-corrected chi connectivity index (χ4v) is 3.44. The fraction of sp³-hybridized carbons (Fsp3) is 0.389. The standard InChI is InChI=1S/C18H23N5O3S/c1-27(25,26)21-7-6-15-2-4-16(5-3-15)18(24)23-12-10-22(11-13-23)17-14-19-8-9-20-17/h2-5,8-9,14,21H,6-7,10-13H2,1H3. The third-order valence-corrected chi connectivity index (χ3v) is 5.15. The van der Waals surface area contributed by atoms with E-state index in [2.05, 4.69) is 19.6 Å². The zero-order valence-corrected chi connectivity index (χ0v) is 16.0. The number of nitrogens with zero attached hydrogens (tertiary/aromatic N) is 4. The molecule has 1 amide bonds. The summed E-state index contributed by atoms with van der Waals surface area (Å²) >= 11 is 0. The molecular formula is C18H23N5O3S. The first-order valence-electron chi connectivity index (χ1n) is 8.76. The Hall–Kier alpha value is -2.52. The maximum absolute atomic E-state index is 12.7. The fourth-order valence-electron chi connectivity index (χ4n) is 2.97. The average molecular weight is 389 g/mol. The summed E-state index contributed by atoms with van der Waals surface area (Å²) in [6, 6.07) is 7.33. The number of anilines is 1. The Morgan fingerprint density at radius 2 is 1.81 bits per heavy atom. The molecule has 2 aromatic rings. The van der Waals surface area contributed by atoms with Gasteiger partial charge in [0.15, 0.2) is 0 Å². The van der Waals surface area contributed by atoms with Crippen molar-refractivity contribution in [2.24, 2.45) is 0 Å². The lowest BCUT2D eigenvalue weighted by molar-refractivity contribution is 0.0746. The highest BCUT2D eigenvalue weighted by atomic mass is 32.2. The van der Waals surface area contributed by atoms with Crippen molar-refractivity contribution in [3.05, 3.63) is 54.0 Å². The number of nitrogens with one attached hydrogen (secondary N) is 1. The maximum atomic E-state index is 12.7. The number of carbonyl (C=O) groups excluding carboxylic acids is 1. The SMILES string of the molecule is CS(=O)(=O)NCCc1ccc(C(=O)N2CCN(c3cnccn3)CC2)cc1. The van der Waals surface area contributed by atoms with E-state index in [1.807, 2.05) is 17.0 Å². The number of benzene rings is 1. The summed E-state index contributed by atoms with van der Waals surface area (Å²) in [5.74, 6) is 0.839. The molecule has 0 unspecified atom stereocenters. The van der Waals surface area contributed by atoms with E-state index in [0.29, 0.717) is 31.6 Å². The van der Waals surface area contributed by atoms with E-state index in [9.17, 15) is 13.2 Å². The van der Waals surface area contributed by atoms with Gasteiger partial charge in [0.05, 0.1) is 12.5 Å². The van der Waals surface area contributed by atoms with Crippen LogP contribution in [0.2, 0.25) is 0 Å². The normalized spacial score (nSPS) is 15.0. The smallest absolute Gasteiger partial charge is 0.253 e. The first kappa shape index (κ1) is 19.2. The third kappa shape index (κ3) is 5.48. The molecule has 1 fully saturated rings. The number of rotatable bonds is 6. The van der Waals surface area contributed by atoms with Gasteiger partial charge < -0.3 is 9.80 Å². The predicted molar refractivity (Wildman–Crippen MR) is 103 cm³/mol. The number of aromatic nitrogens is 2. The summed E-state index contributed by atoms with van der Waals surface area (Å²) in [5.41, 5.74) is 1.62. The maximum Gasteiger partial charge on any atom is 0.253 e. The molecule has 1 aliphatic heterocycles. The Morgan fingerprint density at radius 1 is 1.11 bits per heavy atom. The number of sulfonamides is 1. The van der Waals surface area contributed by atoms with E-state index in [-0.39, 0.29) is 5.91 Å². The highest BCUT2D eigenvalue weighted by molar-refractivity contribution is 7.88. The van der Waals surface area contributed by atoms with Crippen LogP contribution in [0, 0.1) is 0 Å². The van der Waals surface area contributed by atoms with Crippen molar-refractivity contribution in [1.82, 2.24) is 19.6 Å². The second-order valence-electron chi connectivity index (χ2n) is 6.46. The molecule has 0 aliphatic carbocycles. The summed E-state index contributed by atoms with van der Waals surface area (Å²) in [7, 11) is -3.18. The summed E-state index contributed by atoms with van der Waals surface area (Å²) in [6.07, 6.45) is 6.76. The molecule has 0 radical (unpaired) electrons. The Morgan fingerprint density at radius 3 is 2.41 bits per heavy atom. The average Bonchev–Trinajstić information content (AvgIpc) is 2.68. The molecule has 0 bridgehead atoms. The highest BCUT2D eigenvalue weighted by Gasteiger charge is 2.22. The highest BCUT2D eigenvalue weighted by Crippen LogP contribution is 2.14. The molecule has 8 nitrogen and oxygen atoms in total. The zero-order chi connectivity index (χ0) is 19.3. The summed E-state index contributed by atoms with van der Waals surface area (Å²) in [5, 5.41) is 0. The minimum Gasteiger partial charge on any atom is -0.352 e. The van der Waals surface area contributed by atoms with E-state index in [4.69, 9.17) is 0 Å². The molecule has 0 saturated carbocycles. The van der Waals surface area contributed by atoms with Crippen LogP contribution in [0.5, 0.6) is 0 Å². The minimum absolute atomic E-state index is 0.00890. The van der Waals surface area contributed by atoms with Gasteiger partial charge in [-0.2, -0.15) is 0 Å². The van der Waals surface area contributed by atoms with Gasteiger partial charge in [-0.05, 0) is 24.1 Å². The van der Waals surface area contributed by atoms with Crippen molar-refractivity contribution in [2.75, 3.05) is 43.9 Å². The molecule has 1 aliphatic rings. The van der Waals surface area contributed by atoms with Gasteiger partial charge in [0.1, 0.15) is 5.82 Å². The van der Waals surface area contributed by atoms with Crippen LogP contribution < -0.4 is 9.62 Å². The van der Waals surface area contributed by atoms with Crippen LogP contribution in [-0.4, -0.2) is 68.2 Å². The largest absolute Gasteiger partial charge is 0.352 e. The first-order valence-corrected chi connectivity index (χ1v) is 10.7. The molecule has 144 valence electrons. The van der Waals surface area contributed by atoms with E-state index in [1.54, 1.807) is 30.7 Å². The first-order chi connectivity index (χ1) is 12.9. The second-order valence-corrected chi connectivity index (χ2v) is 8.29. The van der Waals surface area contributed by atoms with E-state index < -0.39 is 10.0 Å². The van der Waals surface area contributed by atoms with Crippen molar-refractivity contribution in [1.29, 1.82) is 0 Å². The lowest BCUT2D eigenvalue weighted by atomic mass is 10.1. The lowest BCUT2D eigenvalue weighted by Crippen LogP contribution is -2.49. The molecule has 1 aromatic heterocycles. The molecule has 0 atom stereocenters. The van der Waals surface area contributed by atoms with Crippen LogP contribution in [0.3, 0.4) is 0 Å². The van der Waals surface area contributed by atoms with Gasteiger partial charge in [-0.15, -0.1) is 0 Å². The van der Waals surface area contributed by atoms with Gasteiger partial charge in [-0.3, -0.25) is 9.78 Å². The van der Waals surface area contributed by atoms with Crippen molar-refractivity contribution in [3.8, 4) is 0 Å². The lowest BCUT2D eigenvalue weighted by Gasteiger charge is -2.35. The Kier molecular flexibility index (Phi) is 6.02. The van der Waals surface area contributed by atoms with Crippen molar-refractivity contribution < 1.29 is 13.2 Å².